The van der Waals surface area contributed by atoms with Gasteiger partial charge in [0.1, 0.15) is 5.60 Å². The molecule has 0 radical (unpaired) electrons. The van der Waals surface area contributed by atoms with E-state index in [2.05, 4.69) is 10.3 Å². The van der Waals surface area contributed by atoms with Crippen LogP contribution in [0.25, 0.3) is 5.57 Å². The molecule has 2 rings (SSSR count). The average Bonchev–Trinajstić information content (AvgIpc) is 2.91. The summed E-state index contributed by atoms with van der Waals surface area (Å²) >= 11 is 1.18. The third-order valence-electron chi connectivity index (χ3n) is 3.67. The first-order valence-electron chi connectivity index (χ1n) is 8.15. The monoisotopic (exact) mass is 352 g/mol. The minimum Gasteiger partial charge on any atom is -0.478 e. The summed E-state index contributed by atoms with van der Waals surface area (Å²) in [5.41, 5.74) is -0.0170. The maximum Gasteiger partial charge on any atom is 0.413 e. The van der Waals surface area contributed by atoms with Crippen LogP contribution in [0.3, 0.4) is 0 Å². The fourth-order valence-corrected chi connectivity index (χ4v) is 3.34. The maximum absolute atomic E-state index is 11.8. The molecular formula is C17H24N2O4S. The number of aliphatic carboxylic acids is 1. The Hall–Kier alpha value is -1.89. The Kier molecular flexibility index (Phi) is 5.99. The molecule has 1 fully saturated rings. The molecule has 0 spiro atoms. The van der Waals surface area contributed by atoms with Gasteiger partial charge in [-0.3, -0.25) is 5.32 Å². The number of ether oxygens (including phenoxy) is 1. The zero-order valence-electron chi connectivity index (χ0n) is 14.3. The predicted molar refractivity (Wildman–Crippen MR) is 94.2 cm³/mol. The van der Waals surface area contributed by atoms with Crippen molar-refractivity contribution < 1.29 is 19.4 Å². The molecule has 1 aromatic rings. The van der Waals surface area contributed by atoms with E-state index < -0.39 is 17.7 Å². The number of hydrogen-bond donors (Lipinski definition) is 2. The van der Waals surface area contributed by atoms with Crippen molar-refractivity contribution in [1.82, 2.24) is 4.98 Å². The molecule has 1 aromatic heterocycles. The van der Waals surface area contributed by atoms with Crippen LogP contribution in [0.15, 0.2) is 11.5 Å². The highest BCUT2D eigenvalue weighted by atomic mass is 32.1. The molecule has 1 saturated carbocycles. The molecule has 1 amide bonds. The Morgan fingerprint density at radius 2 is 2.00 bits per heavy atom. The second kappa shape index (κ2) is 7.79. The van der Waals surface area contributed by atoms with Gasteiger partial charge in [0.15, 0.2) is 5.13 Å². The highest BCUT2D eigenvalue weighted by Crippen LogP contribution is 2.29. The van der Waals surface area contributed by atoms with Gasteiger partial charge < -0.3 is 9.84 Å². The van der Waals surface area contributed by atoms with Crippen LogP contribution < -0.4 is 5.32 Å². The molecule has 1 aliphatic rings. The van der Waals surface area contributed by atoms with E-state index in [-0.39, 0.29) is 11.5 Å². The topological polar surface area (TPSA) is 88.5 Å². The van der Waals surface area contributed by atoms with Gasteiger partial charge in [-0.15, -0.1) is 11.3 Å². The normalized spacial score (nSPS) is 16.7. The summed E-state index contributed by atoms with van der Waals surface area (Å²) in [4.78, 5) is 27.6. The van der Waals surface area contributed by atoms with E-state index in [0.717, 1.165) is 25.7 Å². The lowest BCUT2D eigenvalue weighted by Crippen LogP contribution is -2.27. The van der Waals surface area contributed by atoms with Crippen LogP contribution in [0.1, 0.15) is 58.6 Å². The summed E-state index contributed by atoms with van der Waals surface area (Å²) in [6, 6.07) is 0. The lowest BCUT2D eigenvalue weighted by molar-refractivity contribution is -0.130. The van der Waals surface area contributed by atoms with Crippen LogP contribution in [-0.2, 0) is 9.53 Å². The van der Waals surface area contributed by atoms with E-state index in [0.29, 0.717) is 10.8 Å². The quantitative estimate of drug-likeness (QED) is 0.777. The van der Waals surface area contributed by atoms with Crippen molar-refractivity contribution in [2.75, 3.05) is 5.32 Å². The summed E-state index contributed by atoms with van der Waals surface area (Å²) in [6.45, 7) is 5.32. The Morgan fingerprint density at radius 1 is 1.33 bits per heavy atom. The van der Waals surface area contributed by atoms with Gasteiger partial charge in [-0.25, -0.2) is 14.6 Å². The van der Waals surface area contributed by atoms with E-state index in [1.807, 2.05) is 6.08 Å². The third kappa shape index (κ3) is 5.63. The van der Waals surface area contributed by atoms with Gasteiger partial charge in [-0.1, -0.05) is 25.3 Å². The lowest BCUT2D eigenvalue weighted by Gasteiger charge is -2.19. The Morgan fingerprint density at radius 3 is 2.58 bits per heavy atom. The smallest absolute Gasteiger partial charge is 0.413 e. The van der Waals surface area contributed by atoms with Crippen LogP contribution in [0, 0.1) is 5.92 Å². The zero-order valence-corrected chi connectivity index (χ0v) is 15.1. The van der Waals surface area contributed by atoms with Gasteiger partial charge in [-0.05, 0) is 39.5 Å². The molecule has 0 unspecified atom stereocenters. The molecule has 132 valence electrons. The molecule has 1 heterocycles. The number of rotatable bonds is 4. The number of carboxylic acid groups (broad SMARTS) is 1. The van der Waals surface area contributed by atoms with Crippen LogP contribution in [0.2, 0.25) is 0 Å². The predicted octanol–water partition coefficient (Wildman–Crippen LogP) is 4.54. The lowest BCUT2D eigenvalue weighted by atomic mass is 9.87. The Balaban J connectivity index is 2.09. The fraction of sp³-hybridized carbons (Fsp3) is 0.588. The molecular weight excluding hydrogens is 328 g/mol. The van der Waals surface area contributed by atoms with Crippen LogP contribution in [-0.4, -0.2) is 27.8 Å². The molecule has 6 nitrogen and oxygen atoms in total. The first-order valence-corrected chi connectivity index (χ1v) is 9.03. The minimum atomic E-state index is -0.991. The van der Waals surface area contributed by atoms with Crippen LogP contribution in [0.4, 0.5) is 9.93 Å². The number of amides is 1. The standard InChI is InChI=1S/C17H24N2O4S/c1-17(2,3)23-16(22)19-15-18-13(10-24-15)12(14(20)21)9-11-7-5-4-6-8-11/h9-11H,4-8H2,1-3H3,(H,20,21)(H,18,19,22). The fourth-order valence-electron chi connectivity index (χ4n) is 2.65. The first-order chi connectivity index (χ1) is 11.2. The maximum atomic E-state index is 11.8. The first kappa shape index (κ1) is 18.4. The zero-order chi connectivity index (χ0) is 17.7. The van der Waals surface area contributed by atoms with Gasteiger partial charge in [0.25, 0.3) is 0 Å². The van der Waals surface area contributed by atoms with E-state index >= 15 is 0 Å². The summed E-state index contributed by atoms with van der Waals surface area (Å²) in [6.07, 6.45) is 6.74. The molecule has 7 heteroatoms. The van der Waals surface area contributed by atoms with Crippen molar-refractivity contribution in [3.63, 3.8) is 0 Å². The summed E-state index contributed by atoms with van der Waals surface area (Å²) < 4.78 is 5.17. The van der Waals surface area contributed by atoms with Gasteiger partial charge in [-0.2, -0.15) is 0 Å². The van der Waals surface area contributed by atoms with Crippen molar-refractivity contribution >= 4 is 34.1 Å². The molecule has 24 heavy (non-hydrogen) atoms. The largest absolute Gasteiger partial charge is 0.478 e. The van der Waals surface area contributed by atoms with E-state index in [9.17, 15) is 14.7 Å². The summed E-state index contributed by atoms with van der Waals surface area (Å²) in [5, 5.41) is 14.0. The average molecular weight is 352 g/mol. The Bertz CT molecular complexity index is 625. The molecule has 2 N–H and O–H groups in total. The number of allylic oxidation sites excluding steroid dienone is 1. The molecule has 0 bridgehead atoms. The highest BCUT2D eigenvalue weighted by Gasteiger charge is 2.21. The SMILES string of the molecule is CC(C)(C)OC(=O)Nc1nc(C(=CC2CCCCC2)C(=O)O)cs1. The van der Waals surface area contributed by atoms with E-state index in [4.69, 9.17) is 4.74 Å². The minimum absolute atomic E-state index is 0.204. The second-order valence-electron chi connectivity index (χ2n) is 6.95. The van der Waals surface area contributed by atoms with E-state index in [1.165, 1.54) is 17.8 Å². The van der Waals surface area contributed by atoms with Crippen molar-refractivity contribution in [1.29, 1.82) is 0 Å². The highest BCUT2D eigenvalue weighted by molar-refractivity contribution is 7.14. The van der Waals surface area contributed by atoms with Crippen molar-refractivity contribution in [3.8, 4) is 0 Å². The number of carboxylic acids is 1. The number of hydrogen-bond acceptors (Lipinski definition) is 5. The number of nitrogens with one attached hydrogen (secondary N) is 1. The van der Waals surface area contributed by atoms with Crippen LogP contribution >= 0.6 is 11.3 Å². The molecule has 1 aliphatic carbocycles. The number of carbonyl (C=O) groups excluding carboxylic acids is 1. The van der Waals surface area contributed by atoms with Crippen molar-refractivity contribution in [2.24, 2.45) is 5.92 Å². The van der Waals surface area contributed by atoms with Crippen LogP contribution in [0.5, 0.6) is 0 Å². The number of thiazole rings is 1. The molecule has 0 aromatic carbocycles. The summed E-state index contributed by atoms with van der Waals surface area (Å²) in [5.74, 6) is -0.705. The number of nitrogens with zero attached hydrogens (tertiary/aromatic N) is 1. The van der Waals surface area contributed by atoms with E-state index in [1.54, 1.807) is 26.2 Å². The summed E-state index contributed by atoms with van der Waals surface area (Å²) in [7, 11) is 0. The third-order valence-corrected chi connectivity index (χ3v) is 4.43. The van der Waals surface area contributed by atoms with Gasteiger partial charge in [0.05, 0.1) is 11.3 Å². The van der Waals surface area contributed by atoms with Gasteiger partial charge in [0, 0.05) is 5.38 Å². The van der Waals surface area contributed by atoms with Gasteiger partial charge >= 0.3 is 12.1 Å². The Labute approximate surface area is 145 Å². The number of carbonyl (C=O) groups is 2. The second-order valence-corrected chi connectivity index (χ2v) is 7.81. The van der Waals surface area contributed by atoms with Gasteiger partial charge in [0.2, 0.25) is 0 Å². The van der Waals surface area contributed by atoms with Crippen molar-refractivity contribution in [2.45, 2.75) is 58.5 Å². The molecule has 0 saturated heterocycles. The molecule has 0 atom stereocenters. The molecule has 0 aliphatic heterocycles. The van der Waals surface area contributed by atoms with Crippen molar-refractivity contribution in [3.05, 3.63) is 17.2 Å². The number of anilines is 1. The number of aromatic nitrogens is 1.